The van der Waals surface area contributed by atoms with Crippen LogP contribution < -0.4 is 10.1 Å². The smallest absolute Gasteiger partial charge is 0.119 e. The molecule has 2 heteroatoms. The molecule has 0 aromatic heterocycles. The summed E-state index contributed by atoms with van der Waals surface area (Å²) in [4.78, 5) is 0. The van der Waals surface area contributed by atoms with Crippen molar-refractivity contribution in [3.63, 3.8) is 0 Å². The van der Waals surface area contributed by atoms with Crippen molar-refractivity contribution in [2.75, 3.05) is 6.61 Å². The number of hydrogen-bond acceptors (Lipinski definition) is 2. The summed E-state index contributed by atoms with van der Waals surface area (Å²) < 4.78 is 5.46. The molecule has 0 spiro atoms. The molecule has 1 unspecified atom stereocenters. The molecule has 2 rings (SSSR count). The lowest BCUT2D eigenvalue weighted by Crippen LogP contribution is -2.27. The molecule has 0 saturated heterocycles. The Morgan fingerprint density at radius 2 is 1.76 bits per heavy atom. The van der Waals surface area contributed by atoms with Crippen LogP contribution in [0.5, 0.6) is 5.75 Å². The van der Waals surface area contributed by atoms with Crippen LogP contribution in [0.4, 0.5) is 0 Å². The molecule has 2 aromatic carbocycles. The summed E-state index contributed by atoms with van der Waals surface area (Å²) in [6.45, 7) is 8.02. The van der Waals surface area contributed by atoms with Gasteiger partial charge in [0.05, 0.1) is 6.61 Å². The Kier molecular flexibility index (Phi) is 5.82. The first-order valence-electron chi connectivity index (χ1n) is 7.68. The second kappa shape index (κ2) is 7.84. The van der Waals surface area contributed by atoms with E-state index in [1.165, 1.54) is 16.7 Å². The van der Waals surface area contributed by atoms with Crippen molar-refractivity contribution < 1.29 is 4.74 Å². The summed E-state index contributed by atoms with van der Waals surface area (Å²) in [5, 5.41) is 3.59. The van der Waals surface area contributed by atoms with Crippen LogP contribution in [-0.2, 0) is 13.0 Å². The molecular weight excluding hydrogens is 258 g/mol. The highest BCUT2D eigenvalue weighted by Gasteiger charge is 2.05. The predicted molar refractivity (Wildman–Crippen MR) is 88.8 cm³/mol. The number of ether oxygens (including phenoxy) is 1. The van der Waals surface area contributed by atoms with Gasteiger partial charge in [0.1, 0.15) is 5.75 Å². The van der Waals surface area contributed by atoms with E-state index < -0.39 is 0 Å². The molecule has 0 saturated carbocycles. The van der Waals surface area contributed by atoms with Gasteiger partial charge in [0.15, 0.2) is 0 Å². The van der Waals surface area contributed by atoms with Crippen molar-refractivity contribution in [1.29, 1.82) is 0 Å². The number of benzene rings is 2. The van der Waals surface area contributed by atoms with Crippen molar-refractivity contribution in [2.45, 2.75) is 39.8 Å². The van der Waals surface area contributed by atoms with Gasteiger partial charge in [0.2, 0.25) is 0 Å². The summed E-state index contributed by atoms with van der Waals surface area (Å²) in [6, 6.07) is 17.4. The van der Waals surface area contributed by atoms with Crippen LogP contribution in [-0.4, -0.2) is 12.6 Å². The monoisotopic (exact) mass is 283 g/mol. The van der Waals surface area contributed by atoms with E-state index in [-0.39, 0.29) is 0 Å². The van der Waals surface area contributed by atoms with Gasteiger partial charge in [0, 0.05) is 12.6 Å². The molecule has 21 heavy (non-hydrogen) atoms. The number of rotatable bonds is 7. The van der Waals surface area contributed by atoms with Crippen molar-refractivity contribution in [3.05, 3.63) is 65.2 Å². The lowest BCUT2D eigenvalue weighted by molar-refractivity contribution is 0.340. The second-order valence-corrected chi connectivity index (χ2v) is 5.49. The average molecular weight is 283 g/mol. The number of hydrogen-bond donors (Lipinski definition) is 1. The van der Waals surface area contributed by atoms with Crippen LogP contribution in [0.15, 0.2) is 48.5 Å². The van der Waals surface area contributed by atoms with Crippen molar-refractivity contribution in [2.24, 2.45) is 0 Å². The van der Waals surface area contributed by atoms with Gasteiger partial charge in [0.25, 0.3) is 0 Å². The Hall–Kier alpha value is -1.80. The highest BCUT2D eigenvalue weighted by atomic mass is 16.5. The fourth-order valence-electron chi connectivity index (χ4n) is 2.40. The number of aryl methyl sites for hydroxylation is 1. The van der Waals surface area contributed by atoms with Gasteiger partial charge in [-0.2, -0.15) is 0 Å². The van der Waals surface area contributed by atoms with Crippen LogP contribution in [0.1, 0.15) is 30.5 Å². The van der Waals surface area contributed by atoms with Gasteiger partial charge in [-0.25, -0.2) is 0 Å². The maximum absolute atomic E-state index is 5.46. The third-order valence-corrected chi connectivity index (χ3v) is 3.68. The Morgan fingerprint density at radius 3 is 2.43 bits per heavy atom. The average Bonchev–Trinajstić information content (AvgIpc) is 2.49. The van der Waals surface area contributed by atoms with Crippen LogP contribution in [0, 0.1) is 6.92 Å². The third kappa shape index (κ3) is 4.91. The largest absolute Gasteiger partial charge is 0.494 e. The van der Waals surface area contributed by atoms with E-state index in [1.54, 1.807) is 0 Å². The molecule has 0 bridgehead atoms. The van der Waals surface area contributed by atoms with Gasteiger partial charge >= 0.3 is 0 Å². The molecule has 0 fully saturated rings. The SMILES string of the molecule is CCOc1ccc(CNC(C)Cc2ccccc2C)cc1. The Labute approximate surface area is 128 Å². The standard InChI is InChI=1S/C19H25NO/c1-4-21-19-11-9-17(10-12-19)14-20-16(3)13-18-8-6-5-7-15(18)2/h5-12,16,20H,4,13-14H2,1-3H3. The molecule has 0 aliphatic heterocycles. The minimum Gasteiger partial charge on any atom is -0.494 e. The fraction of sp³-hybridized carbons (Fsp3) is 0.368. The van der Waals surface area contributed by atoms with Crippen molar-refractivity contribution >= 4 is 0 Å². The van der Waals surface area contributed by atoms with Gasteiger partial charge in [-0.15, -0.1) is 0 Å². The zero-order valence-electron chi connectivity index (χ0n) is 13.2. The van der Waals surface area contributed by atoms with E-state index in [0.717, 1.165) is 18.7 Å². The van der Waals surface area contributed by atoms with Gasteiger partial charge in [-0.1, -0.05) is 36.4 Å². The molecule has 2 nitrogen and oxygen atoms in total. The van der Waals surface area contributed by atoms with Gasteiger partial charge < -0.3 is 10.1 Å². The van der Waals surface area contributed by atoms with Crippen molar-refractivity contribution in [1.82, 2.24) is 5.32 Å². The normalized spacial score (nSPS) is 12.1. The number of nitrogens with one attached hydrogen (secondary N) is 1. The van der Waals surface area contributed by atoms with E-state index >= 15 is 0 Å². The molecule has 0 heterocycles. The summed E-state index contributed by atoms with van der Waals surface area (Å²) in [7, 11) is 0. The molecule has 0 radical (unpaired) electrons. The van der Waals surface area contributed by atoms with Gasteiger partial charge in [-0.05, 0) is 56.0 Å². The fourth-order valence-corrected chi connectivity index (χ4v) is 2.40. The minimum atomic E-state index is 0.456. The maximum Gasteiger partial charge on any atom is 0.119 e. The molecule has 1 N–H and O–H groups in total. The van der Waals surface area contributed by atoms with E-state index in [1.807, 2.05) is 19.1 Å². The summed E-state index contributed by atoms with van der Waals surface area (Å²) in [6.07, 6.45) is 1.06. The van der Waals surface area contributed by atoms with E-state index in [4.69, 9.17) is 4.74 Å². The lowest BCUT2D eigenvalue weighted by Gasteiger charge is -2.15. The Morgan fingerprint density at radius 1 is 1.05 bits per heavy atom. The first-order valence-corrected chi connectivity index (χ1v) is 7.68. The molecule has 0 aliphatic carbocycles. The summed E-state index contributed by atoms with van der Waals surface area (Å²) in [5.41, 5.74) is 4.08. The summed E-state index contributed by atoms with van der Waals surface area (Å²) in [5.74, 6) is 0.939. The molecule has 1 atom stereocenters. The van der Waals surface area contributed by atoms with Crippen LogP contribution >= 0.6 is 0 Å². The van der Waals surface area contributed by atoms with Crippen LogP contribution in [0.25, 0.3) is 0 Å². The van der Waals surface area contributed by atoms with Crippen LogP contribution in [0.3, 0.4) is 0 Å². The first-order chi connectivity index (χ1) is 10.2. The zero-order valence-corrected chi connectivity index (χ0v) is 13.2. The Balaban J connectivity index is 1.83. The van der Waals surface area contributed by atoms with E-state index in [0.29, 0.717) is 12.6 Å². The topological polar surface area (TPSA) is 21.3 Å². The quantitative estimate of drug-likeness (QED) is 0.825. The molecule has 2 aromatic rings. The maximum atomic E-state index is 5.46. The lowest BCUT2D eigenvalue weighted by atomic mass is 10.0. The minimum absolute atomic E-state index is 0.456. The van der Waals surface area contributed by atoms with Gasteiger partial charge in [-0.3, -0.25) is 0 Å². The van der Waals surface area contributed by atoms with Crippen molar-refractivity contribution in [3.8, 4) is 5.75 Å². The third-order valence-electron chi connectivity index (χ3n) is 3.68. The highest BCUT2D eigenvalue weighted by Crippen LogP contribution is 2.13. The Bertz CT molecular complexity index is 548. The van der Waals surface area contributed by atoms with E-state index in [9.17, 15) is 0 Å². The predicted octanol–water partition coefficient (Wildman–Crippen LogP) is 4.11. The van der Waals surface area contributed by atoms with Crippen LogP contribution in [0.2, 0.25) is 0 Å². The molecule has 112 valence electrons. The molecular formula is C19H25NO. The molecule has 0 aliphatic rings. The highest BCUT2D eigenvalue weighted by molar-refractivity contribution is 5.28. The molecule has 0 amide bonds. The zero-order chi connectivity index (χ0) is 15.1. The first kappa shape index (κ1) is 15.6. The van der Waals surface area contributed by atoms with E-state index in [2.05, 4.69) is 55.6 Å². The summed E-state index contributed by atoms with van der Waals surface area (Å²) >= 11 is 0. The second-order valence-electron chi connectivity index (χ2n) is 5.49.